The Morgan fingerprint density at radius 1 is 1.47 bits per heavy atom. The number of rotatable bonds is 3. The molecule has 0 aliphatic rings. The number of benzene rings is 1. The third-order valence-electron chi connectivity index (χ3n) is 1.82. The predicted molar refractivity (Wildman–Crippen MR) is 60.8 cm³/mol. The van der Waals surface area contributed by atoms with Crippen molar-refractivity contribution >= 4 is 29.1 Å². The maximum Gasteiger partial charge on any atom is 0.215 e. The molecule has 2 N–H and O–H groups in total. The summed E-state index contributed by atoms with van der Waals surface area (Å²) in [4.78, 5) is 0. The molecule has 0 saturated carbocycles. The van der Waals surface area contributed by atoms with Crippen LogP contribution in [0.5, 0.6) is 0 Å². The molecule has 0 amide bonds. The lowest BCUT2D eigenvalue weighted by atomic mass is 10.1. The lowest BCUT2D eigenvalue weighted by Crippen LogP contribution is -2.15. The molecule has 1 atom stereocenters. The molecular formula is C10H11Cl2NO2. The van der Waals surface area contributed by atoms with Crippen molar-refractivity contribution in [2.75, 3.05) is 6.61 Å². The number of nitrogens with one attached hydrogen (secondary N) is 1. The van der Waals surface area contributed by atoms with Crippen LogP contribution in [0.25, 0.3) is 0 Å². The van der Waals surface area contributed by atoms with E-state index in [1.54, 1.807) is 25.1 Å². The first-order valence-electron chi connectivity index (χ1n) is 4.41. The molecule has 0 aromatic heterocycles. The smallest absolute Gasteiger partial charge is 0.215 e. The van der Waals surface area contributed by atoms with E-state index in [1.807, 2.05) is 0 Å². The molecule has 0 saturated heterocycles. The summed E-state index contributed by atoms with van der Waals surface area (Å²) < 4.78 is 4.88. The maximum absolute atomic E-state index is 9.76. The number of ether oxygens (including phenoxy) is 1. The minimum atomic E-state index is -1.22. The fourth-order valence-electron chi connectivity index (χ4n) is 1.14. The van der Waals surface area contributed by atoms with Gasteiger partial charge in [0.1, 0.15) is 0 Å². The predicted octanol–water partition coefficient (Wildman–Crippen LogP) is 3.04. The van der Waals surface area contributed by atoms with Gasteiger partial charge in [0.05, 0.1) is 6.61 Å². The molecule has 0 aliphatic carbocycles. The minimum Gasteiger partial charge on any atom is -0.479 e. The summed E-state index contributed by atoms with van der Waals surface area (Å²) >= 11 is 11.7. The van der Waals surface area contributed by atoms with Crippen LogP contribution in [-0.2, 0) is 4.74 Å². The summed E-state index contributed by atoms with van der Waals surface area (Å²) in [6.45, 7) is 2.05. The third-order valence-corrected chi connectivity index (χ3v) is 2.48. The van der Waals surface area contributed by atoms with Crippen molar-refractivity contribution in [1.82, 2.24) is 0 Å². The molecule has 0 bridgehead atoms. The Labute approximate surface area is 98.1 Å². The molecule has 1 rings (SSSR count). The van der Waals surface area contributed by atoms with Crippen molar-refractivity contribution in [3.05, 3.63) is 33.8 Å². The molecule has 0 fully saturated rings. The first-order valence-corrected chi connectivity index (χ1v) is 5.16. The zero-order valence-corrected chi connectivity index (χ0v) is 9.64. The molecule has 1 aromatic carbocycles. The molecule has 0 heterocycles. The summed E-state index contributed by atoms with van der Waals surface area (Å²) in [5.74, 6) is -0.257. The number of halogens is 2. The van der Waals surface area contributed by atoms with E-state index in [9.17, 15) is 5.11 Å². The van der Waals surface area contributed by atoms with Gasteiger partial charge in [0.2, 0.25) is 5.90 Å². The standard InChI is InChI=1S/C10H11Cl2NO2/c1-2-15-10(13)9(14)8-6(11)4-3-5-7(8)12/h3-5,9,13-14H,2H2,1H3. The van der Waals surface area contributed by atoms with Crippen LogP contribution in [-0.4, -0.2) is 17.6 Å². The summed E-state index contributed by atoms with van der Waals surface area (Å²) in [6, 6.07) is 4.88. The Kier molecular flexibility index (Phi) is 4.39. The monoisotopic (exact) mass is 247 g/mol. The Balaban J connectivity index is 3.00. The van der Waals surface area contributed by atoms with E-state index in [1.165, 1.54) is 0 Å². The van der Waals surface area contributed by atoms with Crippen molar-refractivity contribution < 1.29 is 9.84 Å². The molecule has 0 spiro atoms. The van der Waals surface area contributed by atoms with Crippen LogP contribution < -0.4 is 0 Å². The molecule has 3 nitrogen and oxygen atoms in total. The van der Waals surface area contributed by atoms with Gasteiger partial charge in [-0.3, -0.25) is 5.41 Å². The molecule has 0 radical (unpaired) electrons. The summed E-state index contributed by atoms with van der Waals surface area (Å²) in [6.07, 6.45) is -1.22. The van der Waals surface area contributed by atoms with E-state index in [2.05, 4.69) is 0 Å². The molecule has 15 heavy (non-hydrogen) atoms. The van der Waals surface area contributed by atoms with Crippen molar-refractivity contribution in [3.63, 3.8) is 0 Å². The van der Waals surface area contributed by atoms with Crippen LogP contribution in [0.3, 0.4) is 0 Å². The van der Waals surface area contributed by atoms with Crippen LogP contribution in [0.4, 0.5) is 0 Å². The minimum absolute atomic E-state index is 0.257. The van der Waals surface area contributed by atoms with Crippen LogP contribution in [0.15, 0.2) is 18.2 Å². The average Bonchev–Trinajstić information content (AvgIpc) is 2.17. The quantitative estimate of drug-likeness (QED) is 0.638. The number of hydrogen-bond donors (Lipinski definition) is 2. The Morgan fingerprint density at radius 2 is 2.00 bits per heavy atom. The van der Waals surface area contributed by atoms with Crippen LogP contribution in [0, 0.1) is 5.41 Å². The second kappa shape index (κ2) is 5.35. The van der Waals surface area contributed by atoms with E-state index in [0.717, 1.165) is 0 Å². The third kappa shape index (κ3) is 2.84. The van der Waals surface area contributed by atoms with Gasteiger partial charge in [-0.05, 0) is 19.1 Å². The van der Waals surface area contributed by atoms with E-state index in [4.69, 9.17) is 33.3 Å². The SMILES string of the molecule is CCOC(=N)C(O)c1c(Cl)cccc1Cl. The van der Waals surface area contributed by atoms with Crippen molar-refractivity contribution in [2.24, 2.45) is 0 Å². The average molecular weight is 248 g/mol. The normalized spacial score (nSPS) is 12.3. The van der Waals surface area contributed by atoms with Gasteiger partial charge >= 0.3 is 0 Å². The number of aliphatic hydroxyl groups excluding tert-OH is 1. The molecule has 82 valence electrons. The van der Waals surface area contributed by atoms with Gasteiger partial charge in [-0.25, -0.2) is 0 Å². The molecular weight excluding hydrogens is 237 g/mol. The lowest BCUT2D eigenvalue weighted by molar-refractivity contribution is 0.190. The molecule has 1 unspecified atom stereocenters. The van der Waals surface area contributed by atoms with Gasteiger partial charge in [0.15, 0.2) is 6.10 Å². The highest BCUT2D eigenvalue weighted by atomic mass is 35.5. The first kappa shape index (κ1) is 12.3. The van der Waals surface area contributed by atoms with Gasteiger partial charge in [0, 0.05) is 15.6 Å². The summed E-state index contributed by atoms with van der Waals surface area (Å²) in [7, 11) is 0. The summed E-state index contributed by atoms with van der Waals surface area (Å²) in [5, 5.41) is 17.8. The largest absolute Gasteiger partial charge is 0.479 e. The first-order chi connectivity index (χ1) is 7.07. The zero-order valence-electron chi connectivity index (χ0n) is 8.13. The fraction of sp³-hybridized carbons (Fsp3) is 0.300. The highest BCUT2D eigenvalue weighted by Gasteiger charge is 2.20. The van der Waals surface area contributed by atoms with Gasteiger partial charge < -0.3 is 9.84 Å². The Hall–Kier alpha value is -0.770. The molecule has 0 aliphatic heterocycles. The van der Waals surface area contributed by atoms with Crippen molar-refractivity contribution in [3.8, 4) is 0 Å². The second-order valence-corrected chi connectivity index (χ2v) is 3.65. The van der Waals surface area contributed by atoms with Gasteiger partial charge in [0.25, 0.3) is 0 Å². The molecule has 5 heteroatoms. The highest BCUT2D eigenvalue weighted by Crippen LogP contribution is 2.30. The lowest BCUT2D eigenvalue weighted by Gasteiger charge is -2.15. The van der Waals surface area contributed by atoms with E-state index >= 15 is 0 Å². The van der Waals surface area contributed by atoms with Crippen LogP contribution >= 0.6 is 23.2 Å². The van der Waals surface area contributed by atoms with Crippen LogP contribution in [0.1, 0.15) is 18.6 Å². The van der Waals surface area contributed by atoms with E-state index in [0.29, 0.717) is 22.2 Å². The topological polar surface area (TPSA) is 53.3 Å². The van der Waals surface area contributed by atoms with Gasteiger partial charge in [-0.1, -0.05) is 29.3 Å². The Bertz CT molecular complexity index is 348. The second-order valence-electron chi connectivity index (χ2n) is 2.84. The Morgan fingerprint density at radius 3 is 2.47 bits per heavy atom. The van der Waals surface area contributed by atoms with Crippen molar-refractivity contribution in [2.45, 2.75) is 13.0 Å². The fourth-order valence-corrected chi connectivity index (χ4v) is 1.74. The van der Waals surface area contributed by atoms with E-state index < -0.39 is 6.10 Å². The van der Waals surface area contributed by atoms with Gasteiger partial charge in [-0.2, -0.15) is 0 Å². The number of aliphatic hydroxyl groups is 1. The van der Waals surface area contributed by atoms with Gasteiger partial charge in [-0.15, -0.1) is 0 Å². The van der Waals surface area contributed by atoms with E-state index in [-0.39, 0.29) is 5.90 Å². The van der Waals surface area contributed by atoms with Crippen molar-refractivity contribution in [1.29, 1.82) is 5.41 Å². The zero-order chi connectivity index (χ0) is 11.4. The molecule has 1 aromatic rings. The summed E-state index contributed by atoms with van der Waals surface area (Å²) in [5.41, 5.74) is 0.305. The highest BCUT2D eigenvalue weighted by molar-refractivity contribution is 6.36. The number of hydrogen-bond acceptors (Lipinski definition) is 3. The maximum atomic E-state index is 9.76. The van der Waals surface area contributed by atoms with Crippen LogP contribution in [0.2, 0.25) is 10.0 Å².